The van der Waals surface area contributed by atoms with Crippen LogP contribution in [-0.2, 0) is 26.1 Å². The number of carbonyl (C=O) groups is 2. The van der Waals surface area contributed by atoms with Gasteiger partial charge in [-0.3, -0.25) is 9.79 Å². The van der Waals surface area contributed by atoms with E-state index in [1.807, 2.05) is 61.6 Å². The minimum Gasteiger partial charge on any atom is -0.462 e. The molecule has 9 nitrogen and oxygen atoms in total. The molecule has 1 aliphatic rings. The first kappa shape index (κ1) is 29.1. The molecule has 1 aliphatic heterocycles. The fourth-order valence-corrected chi connectivity index (χ4v) is 5.11. The molecular formula is C30H34N4O5S. The molecule has 3 aromatic rings. The monoisotopic (exact) mass is 562 g/mol. The van der Waals surface area contributed by atoms with Gasteiger partial charge in [-0.25, -0.2) is 17.9 Å². The largest absolute Gasteiger partial charge is 0.462 e. The van der Waals surface area contributed by atoms with E-state index in [4.69, 9.17) is 9.73 Å². The Kier molecular flexibility index (Phi) is 9.46. The van der Waals surface area contributed by atoms with E-state index < -0.39 is 21.9 Å². The molecule has 1 atom stereocenters. The minimum absolute atomic E-state index is 0.206. The highest BCUT2D eigenvalue weighted by atomic mass is 32.2. The van der Waals surface area contributed by atoms with Gasteiger partial charge < -0.3 is 15.0 Å². The predicted octanol–water partition coefficient (Wildman–Crippen LogP) is 4.09. The Balaban J connectivity index is 1.54. The van der Waals surface area contributed by atoms with E-state index >= 15 is 0 Å². The molecule has 0 radical (unpaired) electrons. The second-order valence-electron chi connectivity index (χ2n) is 9.73. The van der Waals surface area contributed by atoms with Gasteiger partial charge in [0, 0.05) is 18.8 Å². The Morgan fingerprint density at radius 3 is 2.45 bits per heavy atom. The van der Waals surface area contributed by atoms with Crippen LogP contribution < -0.4 is 10.0 Å². The van der Waals surface area contributed by atoms with Gasteiger partial charge in [-0.2, -0.15) is 0 Å². The third-order valence-corrected chi connectivity index (χ3v) is 7.19. The van der Waals surface area contributed by atoms with E-state index in [2.05, 4.69) is 14.9 Å². The van der Waals surface area contributed by atoms with Gasteiger partial charge in [0.05, 0.1) is 29.8 Å². The number of aliphatic imine (C=N–C) groups is 1. The molecule has 1 heterocycles. The molecule has 2 N–H and O–H groups in total. The van der Waals surface area contributed by atoms with Gasteiger partial charge in [0.15, 0.2) is 0 Å². The number of ether oxygens (including phenoxy) is 1. The number of carbonyl (C=O) groups excluding carboxylic acids is 2. The quantitative estimate of drug-likeness (QED) is 0.195. The van der Waals surface area contributed by atoms with E-state index in [0.29, 0.717) is 42.2 Å². The molecule has 0 saturated heterocycles. The van der Waals surface area contributed by atoms with Crippen LogP contribution in [-0.4, -0.2) is 63.9 Å². The van der Waals surface area contributed by atoms with Crippen molar-refractivity contribution in [2.24, 2.45) is 4.99 Å². The summed E-state index contributed by atoms with van der Waals surface area (Å²) in [5.74, 6) is -1.28. The first-order chi connectivity index (χ1) is 19.1. The molecule has 40 heavy (non-hydrogen) atoms. The molecule has 1 unspecified atom stereocenters. The summed E-state index contributed by atoms with van der Waals surface area (Å²) in [6.45, 7) is 3.87. The molecule has 1 amide bonds. The fourth-order valence-electron chi connectivity index (χ4n) is 4.59. The molecular weight excluding hydrogens is 528 g/mol. The van der Waals surface area contributed by atoms with Crippen LogP contribution >= 0.6 is 0 Å². The maximum atomic E-state index is 13.2. The normalized spacial score (nSPS) is 15.2. The molecule has 10 heteroatoms. The van der Waals surface area contributed by atoms with E-state index in [9.17, 15) is 18.0 Å². The van der Waals surface area contributed by atoms with Crippen LogP contribution in [0.3, 0.4) is 0 Å². The predicted molar refractivity (Wildman–Crippen MR) is 157 cm³/mol. The van der Waals surface area contributed by atoms with Crippen LogP contribution in [0.15, 0.2) is 77.8 Å². The van der Waals surface area contributed by atoms with Crippen molar-refractivity contribution in [2.75, 3.05) is 38.3 Å². The second kappa shape index (κ2) is 13.0. The molecule has 0 saturated carbocycles. The van der Waals surface area contributed by atoms with E-state index in [1.54, 1.807) is 25.1 Å². The maximum absolute atomic E-state index is 13.2. The second-order valence-corrected chi connectivity index (χ2v) is 11.6. The molecule has 0 bridgehead atoms. The Bertz CT molecular complexity index is 1490. The van der Waals surface area contributed by atoms with Crippen molar-refractivity contribution >= 4 is 39.0 Å². The molecule has 210 valence electrons. The van der Waals surface area contributed by atoms with Crippen LogP contribution in [0, 0.1) is 0 Å². The summed E-state index contributed by atoms with van der Waals surface area (Å²) >= 11 is 0. The van der Waals surface area contributed by atoms with Gasteiger partial charge in [-0.15, -0.1) is 0 Å². The van der Waals surface area contributed by atoms with Crippen molar-refractivity contribution in [1.29, 1.82) is 0 Å². The van der Waals surface area contributed by atoms with Gasteiger partial charge in [0.25, 0.3) is 0 Å². The molecule has 0 aromatic heterocycles. The first-order valence-electron chi connectivity index (χ1n) is 13.1. The maximum Gasteiger partial charge on any atom is 0.338 e. The summed E-state index contributed by atoms with van der Waals surface area (Å²) in [5.41, 5.74) is 4.97. The lowest BCUT2D eigenvalue weighted by atomic mass is 9.90. The van der Waals surface area contributed by atoms with Gasteiger partial charge >= 0.3 is 5.97 Å². The topological polar surface area (TPSA) is 117 Å². The van der Waals surface area contributed by atoms with Gasteiger partial charge in [0.2, 0.25) is 15.9 Å². The summed E-state index contributed by atoms with van der Waals surface area (Å²) in [6.07, 6.45) is 1.86. The Morgan fingerprint density at radius 1 is 1.05 bits per heavy atom. The lowest BCUT2D eigenvalue weighted by Crippen LogP contribution is -2.27. The zero-order valence-electron chi connectivity index (χ0n) is 22.9. The third kappa shape index (κ3) is 7.62. The van der Waals surface area contributed by atoms with Crippen molar-refractivity contribution in [1.82, 2.24) is 9.62 Å². The number of fused-ring (bicyclic) bond motifs is 1. The number of nitrogens with one attached hydrogen (secondary N) is 2. The number of rotatable bonds is 12. The van der Waals surface area contributed by atoms with Crippen LogP contribution in [0.4, 0.5) is 11.4 Å². The summed E-state index contributed by atoms with van der Waals surface area (Å²) in [5, 5.41) is 2.91. The van der Waals surface area contributed by atoms with Gasteiger partial charge in [-0.1, -0.05) is 48.5 Å². The number of hydrogen-bond donors (Lipinski definition) is 2. The highest BCUT2D eigenvalue weighted by molar-refractivity contribution is 7.88. The number of sulfonamides is 1. The standard InChI is InChI=1S/C30H34N4O5S/c1-4-39-30(36)23-13-16-25-26(19-23)33-29(35)27(25)28(22-9-6-5-7-10-22)32-24-14-11-21(12-15-24)20-34(2)18-8-17-31-40(3,37)38/h5-7,9-16,19,27,31H,4,8,17-18,20H2,1-3H3,(H,33,35). The number of nitrogens with zero attached hydrogens (tertiary/aromatic N) is 2. The number of esters is 1. The first-order valence-corrected chi connectivity index (χ1v) is 15.0. The van der Waals surface area contributed by atoms with E-state index in [1.165, 1.54) is 0 Å². The van der Waals surface area contributed by atoms with E-state index in [0.717, 1.165) is 29.5 Å². The number of benzene rings is 3. The number of amides is 1. The summed E-state index contributed by atoms with van der Waals surface area (Å²) in [4.78, 5) is 32.5. The highest BCUT2D eigenvalue weighted by Crippen LogP contribution is 2.37. The molecule has 0 fully saturated rings. The van der Waals surface area contributed by atoms with Crippen molar-refractivity contribution in [3.63, 3.8) is 0 Å². The smallest absolute Gasteiger partial charge is 0.338 e. The molecule has 3 aromatic carbocycles. The van der Waals surface area contributed by atoms with Crippen LogP contribution in [0.2, 0.25) is 0 Å². The zero-order valence-corrected chi connectivity index (χ0v) is 23.7. The summed E-state index contributed by atoms with van der Waals surface area (Å²) in [6, 6.07) is 22.6. The molecule has 0 aliphatic carbocycles. The summed E-state index contributed by atoms with van der Waals surface area (Å²) < 4.78 is 30.0. The zero-order chi connectivity index (χ0) is 28.7. The lowest BCUT2D eigenvalue weighted by Gasteiger charge is -2.17. The Hall–Kier alpha value is -3.86. The molecule has 4 rings (SSSR count). The lowest BCUT2D eigenvalue weighted by molar-refractivity contribution is -0.115. The average Bonchev–Trinajstić information content (AvgIpc) is 3.25. The Morgan fingerprint density at radius 2 is 1.77 bits per heavy atom. The molecule has 0 spiro atoms. The SMILES string of the molecule is CCOC(=O)c1ccc2c(c1)NC(=O)C2C(=Nc1ccc(CN(C)CCCNS(C)(=O)=O)cc1)c1ccccc1. The summed E-state index contributed by atoms with van der Waals surface area (Å²) in [7, 11) is -1.18. The van der Waals surface area contributed by atoms with Crippen molar-refractivity contribution < 1.29 is 22.7 Å². The number of anilines is 1. The Labute approximate surface area is 235 Å². The number of hydrogen-bond acceptors (Lipinski definition) is 7. The van der Waals surface area contributed by atoms with E-state index in [-0.39, 0.29) is 12.5 Å². The fraction of sp³-hybridized carbons (Fsp3) is 0.300. The van der Waals surface area contributed by atoms with Crippen LogP contribution in [0.1, 0.15) is 46.3 Å². The van der Waals surface area contributed by atoms with Crippen molar-refractivity contribution in [3.8, 4) is 0 Å². The van der Waals surface area contributed by atoms with Crippen LogP contribution in [0.25, 0.3) is 0 Å². The van der Waals surface area contributed by atoms with Crippen molar-refractivity contribution in [2.45, 2.75) is 25.8 Å². The van der Waals surface area contributed by atoms with Gasteiger partial charge in [0.1, 0.15) is 5.92 Å². The van der Waals surface area contributed by atoms with Crippen LogP contribution in [0.5, 0.6) is 0 Å². The minimum atomic E-state index is -3.17. The third-order valence-electron chi connectivity index (χ3n) is 6.46. The van der Waals surface area contributed by atoms with Gasteiger partial charge in [-0.05, 0) is 67.9 Å². The highest BCUT2D eigenvalue weighted by Gasteiger charge is 2.36. The average molecular weight is 563 g/mol. The van der Waals surface area contributed by atoms with Crippen molar-refractivity contribution in [3.05, 3.63) is 95.1 Å².